The predicted octanol–water partition coefficient (Wildman–Crippen LogP) is 1.90. The molecule has 1 aromatic rings. The summed E-state index contributed by atoms with van der Waals surface area (Å²) >= 11 is 0. The normalized spacial score (nSPS) is 16.3. The number of halogens is 1. The van der Waals surface area contributed by atoms with E-state index >= 15 is 0 Å². The van der Waals surface area contributed by atoms with Crippen molar-refractivity contribution in [3.05, 3.63) is 17.5 Å². The van der Waals surface area contributed by atoms with E-state index < -0.39 is 0 Å². The number of hydrogen-bond acceptors (Lipinski definition) is 2. The van der Waals surface area contributed by atoms with Crippen LogP contribution in [0.5, 0.6) is 0 Å². The quantitative estimate of drug-likeness (QED) is 0.497. The summed E-state index contributed by atoms with van der Waals surface area (Å²) in [6.45, 7) is 4.84. The van der Waals surface area contributed by atoms with E-state index in [-0.39, 0.29) is 24.0 Å². The number of guanidine groups is 1. The van der Waals surface area contributed by atoms with Crippen LogP contribution in [0.15, 0.2) is 11.2 Å². The van der Waals surface area contributed by atoms with E-state index in [4.69, 9.17) is 5.73 Å². The van der Waals surface area contributed by atoms with Gasteiger partial charge in [-0.1, -0.05) is 6.92 Å². The third-order valence-corrected chi connectivity index (χ3v) is 3.42. The van der Waals surface area contributed by atoms with E-state index in [0.717, 1.165) is 25.2 Å². The number of aliphatic imine (C=N–C) groups is 1. The number of rotatable bonds is 3. The molecule has 1 aliphatic rings. The SMILES string of the molecule is CCc1nn(C)cc1CN=C(N)N1CCCCC1.I. The monoisotopic (exact) mass is 377 g/mol. The Morgan fingerprint density at radius 3 is 2.68 bits per heavy atom. The lowest BCUT2D eigenvalue weighted by Gasteiger charge is -2.27. The second kappa shape index (κ2) is 7.72. The van der Waals surface area contributed by atoms with Gasteiger partial charge in [0.1, 0.15) is 0 Å². The van der Waals surface area contributed by atoms with Crippen LogP contribution in [0.4, 0.5) is 0 Å². The fraction of sp³-hybridized carbons (Fsp3) is 0.692. The molecule has 5 nitrogen and oxygen atoms in total. The molecule has 0 unspecified atom stereocenters. The van der Waals surface area contributed by atoms with Gasteiger partial charge in [-0.3, -0.25) is 4.68 Å². The number of piperidine rings is 1. The molecule has 0 aliphatic carbocycles. The van der Waals surface area contributed by atoms with Crippen molar-refractivity contribution in [2.75, 3.05) is 13.1 Å². The van der Waals surface area contributed by atoms with Gasteiger partial charge in [-0.15, -0.1) is 24.0 Å². The van der Waals surface area contributed by atoms with Crippen molar-refractivity contribution in [3.8, 4) is 0 Å². The fourth-order valence-electron chi connectivity index (χ4n) is 2.40. The van der Waals surface area contributed by atoms with Crippen molar-refractivity contribution < 1.29 is 0 Å². The summed E-state index contributed by atoms with van der Waals surface area (Å²) in [5.74, 6) is 0.681. The fourth-order valence-corrected chi connectivity index (χ4v) is 2.40. The third-order valence-electron chi connectivity index (χ3n) is 3.42. The topological polar surface area (TPSA) is 59.4 Å². The Morgan fingerprint density at radius 2 is 2.05 bits per heavy atom. The highest BCUT2D eigenvalue weighted by Crippen LogP contribution is 2.11. The smallest absolute Gasteiger partial charge is 0.191 e. The Bertz CT molecular complexity index is 421. The molecule has 0 amide bonds. The van der Waals surface area contributed by atoms with Crippen LogP contribution >= 0.6 is 24.0 Å². The van der Waals surface area contributed by atoms with Crippen molar-refractivity contribution in [3.63, 3.8) is 0 Å². The second-order valence-corrected chi connectivity index (χ2v) is 4.85. The van der Waals surface area contributed by atoms with E-state index in [0.29, 0.717) is 12.5 Å². The van der Waals surface area contributed by atoms with Crippen LogP contribution in [-0.4, -0.2) is 33.7 Å². The van der Waals surface area contributed by atoms with Gasteiger partial charge in [0.05, 0.1) is 12.2 Å². The average Bonchev–Trinajstić information content (AvgIpc) is 2.77. The molecule has 2 rings (SSSR count). The first-order valence-electron chi connectivity index (χ1n) is 6.77. The van der Waals surface area contributed by atoms with Crippen LogP contribution < -0.4 is 5.73 Å². The van der Waals surface area contributed by atoms with E-state index in [1.54, 1.807) is 0 Å². The molecule has 0 bridgehead atoms. The van der Waals surface area contributed by atoms with Crippen molar-refractivity contribution in [1.29, 1.82) is 0 Å². The molecule has 0 spiro atoms. The summed E-state index contributed by atoms with van der Waals surface area (Å²) in [7, 11) is 1.94. The summed E-state index contributed by atoms with van der Waals surface area (Å²) in [5.41, 5.74) is 8.34. The van der Waals surface area contributed by atoms with Crippen molar-refractivity contribution >= 4 is 29.9 Å². The van der Waals surface area contributed by atoms with Crippen LogP contribution in [0.3, 0.4) is 0 Å². The molecular weight excluding hydrogens is 353 g/mol. The summed E-state index contributed by atoms with van der Waals surface area (Å²) in [5, 5.41) is 4.41. The summed E-state index contributed by atoms with van der Waals surface area (Å²) < 4.78 is 1.85. The maximum absolute atomic E-state index is 6.04. The Labute approximate surface area is 132 Å². The van der Waals surface area contributed by atoms with Gasteiger partial charge in [0.15, 0.2) is 5.96 Å². The first-order chi connectivity index (χ1) is 8.70. The minimum absolute atomic E-state index is 0. The van der Waals surface area contributed by atoms with Gasteiger partial charge in [-0.25, -0.2) is 4.99 Å². The molecule has 1 aromatic heterocycles. The number of likely N-dealkylation sites (tertiary alicyclic amines) is 1. The molecule has 0 aromatic carbocycles. The molecule has 6 heteroatoms. The van der Waals surface area contributed by atoms with Crippen LogP contribution in [0.2, 0.25) is 0 Å². The molecule has 2 heterocycles. The number of nitrogens with two attached hydrogens (primary N) is 1. The molecule has 1 aliphatic heterocycles. The average molecular weight is 377 g/mol. The molecule has 0 atom stereocenters. The lowest BCUT2D eigenvalue weighted by molar-refractivity contribution is 0.338. The van der Waals surface area contributed by atoms with Gasteiger partial charge in [0.25, 0.3) is 0 Å². The van der Waals surface area contributed by atoms with E-state index in [1.807, 2.05) is 17.9 Å². The predicted molar refractivity (Wildman–Crippen MR) is 88.8 cm³/mol. The van der Waals surface area contributed by atoms with Gasteiger partial charge in [0, 0.05) is 31.9 Å². The van der Waals surface area contributed by atoms with Crippen molar-refractivity contribution in [1.82, 2.24) is 14.7 Å². The zero-order valence-electron chi connectivity index (χ0n) is 11.8. The molecular formula is C13H24IN5. The Kier molecular flexibility index (Phi) is 6.60. The molecule has 1 saturated heterocycles. The molecule has 0 radical (unpaired) electrons. The Morgan fingerprint density at radius 1 is 1.37 bits per heavy atom. The standard InChI is InChI=1S/C13H23N5.HI/c1-3-12-11(10-17(2)16-12)9-15-13(14)18-7-5-4-6-8-18;/h10H,3-9H2,1-2H3,(H2,14,15);1H. The van der Waals surface area contributed by atoms with Crippen molar-refractivity contribution in [2.45, 2.75) is 39.2 Å². The summed E-state index contributed by atoms with van der Waals surface area (Å²) in [6.07, 6.45) is 6.74. The summed E-state index contributed by atoms with van der Waals surface area (Å²) in [6, 6.07) is 0. The van der Waals surface area contributed by atoms with Gasteiger partial charge in [0.2, 0.25) is 0 Å². The highest BCUT2D eigenvalue weighted by molar-refractivity contribution is 14.0. The number of aryl methyl sites for hydroxylation is 2. The van der Waals surface area contributed by atoms with E-state index in [9.17, 15) is 0 Å². The molecule has 1 fully saturated rings. The van der Waals surface area contributed by atoms with Crippen LogP contribution in [0, 0.1) is 0 Å². The van der Waals surface area contributed by atoms with Crippen LogP contribution in [0.1, 0.15) is 37.4 Å². The van der Waals surface area contributed by atoms with Crippen LogP contribution in [0.25, 0.3) is 0 Å². The Balaban J connectivity index is 0.00000180. The Hall–Kier alpha value is -0.790. The lowest BCUT2D eigenvalue weighted by atomic mass is 10.1. The third kappa shape index (κ3) is 4.36. The highest BCUT2D eigenvalue weighted by atomic mass is 127. The van der Waals surface area contributed by atoms with Crippen molar-refractivity contribution in [2.24, 2.45) is 17.8 Å². The minimum Gasteiger partial charge on any atom is -0.370 e. The summed E-state index contributed by atoms with van der Waals surface area (Å²) in [4.78, 5) is 6.69. The maximum atomic E-state index is 6.04. The zero-order chi connectivity index (χ0) is 13.0. The molecule has 2 N–H and O–H groups in total. The van der Waals surface area contributed by atoms with Crippen LogP contribution in [-0.2, 0) is 20.0 Å². The number of nitrogens with zero attached hydrogens (tertiary/aromatic N) is 4. The number of aromatic nitrogens is 2. The minimum atomic E-state index is 0. The van der Waals surface area contributed by atoms with Gasteiger partial charge >= 0.3 is 0 Å². The largest absolute Gasteiger partial charge is 0.370 e. The molecule has 108 valence electrons. The van der Waals surface area contributed by atoms with Gasteiger partial charge in [-0.05, 0) is 25.7 Å². The van der Waals surface area contributed by atoms with Gasteiger partial charge in [-0.2, -0.15) is 5.10 Å². The zero-order valence-corrected chi connectivity index (χ0v) is 14.1. The second-order valence-electron chi connectivity index (χ2n) is 4.85. The van der Waals surface area contributed by atoms with Gasteiger partial charge < -0.3 is 10.6 Å². The van der Waals surface area contributed by atoms with E-state index in [1.165, 1.54) is 24.8 Å². The molecule has 19 heavy (non-hydrogen) atoms. The van der Waals surface area contributed by atoms with E-state index in [2.05, 4.69) is 21.9 Å². The maximum Gasteiger partial charge on any atom is 0.191 e. The molecule has 0 saturated carbocycles. The first-order valence-corrected chi connectivity index (χ1v) is 6.77. The highest BCUT2D eigenvalue weighted by Gasteiger charge is 2.12. The first kappa shape index (κ1) is 16.3. The lowest BCUT2D eigenvalue weighted by Crippen LogP contribution is -2.40. The number of hydrogen-bond donors (Lipinski definition) is 1.